The van der Waals surface area contributed by atoms with Crippen LogP contribution in [0.15, 0.2) is 54.6 Å². The van der Waals surface area contributed by atoms with Gasteiger partial charge in [-0.1, -0.05) is 23.7 Å². The highest BCUT2D eigenvalue weighted by Gasteiger charge is 2.25. The Kier molecular flexibility index (Phi) is 4.83. The maximum atomic E-state index is 12.6. The van der Waals surface area contributed by atoms with Crippen LogP contribution in [0.3, 0.4) is 0 Å². The van der Waals surface area contributed by atoms with Crippen LogP contribution in [0.5, 0.6) is 0 Å². The van der Waals surface area contributed by atoms with Gasteiger partial charge in [-0.3, -0.25) is 14.9 Å². The third-order valence-electron chi connectivity index (χ3n) is 4.80. The van der Waals surface area contributed by atoms with Crippen molar-refractivity contribution >= 4 is 39.9 Å². The van der Waals surface area contributed by atoms with Crippen LogP contribution in [0.25, 0.3) is 10.9 Å². The SMILES string of the molecule is O=C1CN(c2ccc3cc([N+](=O)[O-])ccc3n2)CCN1Cc1ccc(Cl)cc1. The average Bonchev–Trinajstić information content (AvgIpc) is 2.70. The highest BCUT2D eigenvalue weighted by Crippen LogP contribution is 2.24. The Morgan fingerprint density at radius 1 is 1.07 bits per heavy atom. The first-order valence-electron chi connectivity index (χ1n) is 8.82. The Morgan fingerprint density at radius 3 is 2.57 bits per heavy atom. The predicted molar refractivity (Wildman–Crippen MR) is 107 cm³/mol. The van der Waals surface area contributed by atoms with Crippen molar-refractivity contribution in [1.82, 2.24) is 9.88 Å². The lowest BCUT2D eigenvalue weighted by Gasteiger charge is -2.35. The molecule has 28 heavy (non-hydrogen) atoms. The van der Waals surface area contributed by atoms with Crippen LogP contribution in [0, 0.1) is 10.1 Å². The van der Waals surface area contributed by atoms with E-state index < -0.39 is 4.92 Å². The maximum Gasteiger partial charge on any atom is 0.270 e. The molecule has 142 valence electrons. The molecule has 3 aromatic rings. The minimum atomic E-state index is -0.425. The molecule has 1 fully saturated rings. The van der Waals surface area contributed by atoms with Gasteiger partial charge in [0.05, 0.1) is 17.0 Å². The van der Waals surface area contributed by atoms with Crippen LogP contribution in [0.4, 0.5) is 11.5 Å². The van der Waals surface area contributed by atoms with Crippen LogP contribution in [0.1, 0.15) is 5.56 Å². The van der Waals surface area contributed by atoms with Gasteiger partial charge in [-0.25, -0.2) is 4.98 Å². The van der Waals surface area contributed by atoms with Crippen molar-refractivity contribution in [1.29, 1.82) is 0 Å². The van der Waals surface area contributed by atoms with Crippen LogP contribution >= 0.6 is 11.6 Å². The average molecular weight is 397 g/mol. The highest BCUT2D eigenvalue weighted by molar-refractivity contribution is 6.30. The van der Waals surface area contributed by atoms with E-state index in [0.29, 0.717) is 41.4 Å². The summed E-state index contributed by atoms with van der Waals surface area (Å²) in [5.74, 6) is 0.729. The number of non-ortho nitro benzene ring substituents is 1. The number of anilines is 1. The molecule has 0 aliphatic carbocycles. The van der Waals surface area contributed by atoms with Gasteiger partial charge in [-0.05, 0) is 35.9 Å². The van der Waals surface area contributed by atoms with Gasteiger partial charge in [0.25, 0.3) is 5.69 Å². The summed E-state index contributed by atoms with van der Waals surface area (Å²) >= 11 is 5.91. The van der Waals surface area contributed by atoms with Crippen LogP contribution in [-0.2, 0) is 11.3 Å². The number of halogens is 1. The van der Waals surface area contributed by atoms with Crippen molar-refractivity contribution in [3.05, 3.63) is 75.3 Å². The van der Waals surface area contributed by atoms with E-state index in [9.17, 15) is 14.9 Å². The van der Waals surface area contributed by atoms with Gasteiger partial charge in [0.15, 0.2) is 0 Å². The number of nitrogens with zero attached hydrogens (tertiary/aromatic N) is 4. The zero-order valence-corrected chi connectivity index (χ0v) is 15.7. The van der Waals surface area contributed by atoms with E-state index in [0.717, 1.165) is 5.56 Å². The number of benzene rings is 2. The number of pyridine rings is 1. The van der Waals surface area contributed by atoms with E-state index in [4.69, 9.17) is 11.6 Å². The Labute approximate surface area is 166 Å². The molecule has 1 aliphatic rings. The van der Waals surface area contributed by atoms with Crippen molar-refractivity contribution in [2.45, 2.75) is 6.54 Å². The molecule has 1 aliphatic heterocycles. The summed E-state index contributed by atoms with van der Waals surface area (Å²) in [6.07, 6.45) is 0. The molecule has 1 saturated heterocycles. The summed E-state index contributed by atoms with van der Waals surface area (Å²) in [5, 5.41) is 12.3. The molecule has 2 aromatic carbocycles. The molecule has 0 unspecified atom stereocenters. The fourth-order valence-electron chi connectivity index (χ4n) is 3.27. The molecule has 7 nitrogen and oxygen atoms in total. The number of hydrogen-bond acceptors (Lipinski definition) is 5. The largest absolute Gasteiger partial charge is 0.346 e. The molecule has 1 aromatic heterocycles. The number of amides is 1. The number of hydrogen-bond donors (Lipinski definition) is 0. The highest BCUT2D eigenvalue weighted by atomic mass is 35.5. The zero-order chi connectivity index (χ0) is 19.7. The zero-order valence-electron chi connectivity index (χ0n) is 14.9. The molecule has 8 heteroatoms. The second-order valence-electron chi connectivity index (χ2n) is 6.67. The van der Waals surface area contributed by atoms with Gasteiger partial charge < -0.3 is 9.80 Å². The quantitative estimate of drug-likeness (QED) is 0.496. The molecule has 0 saturated carbocycles. The van der Waals surface area contributed by atoms with Crippen molar-refractivity contribution < 1.29 is 9.72 Å². The second-order valence-corrected chi connectivity index (χ2v) is 7.10. The molecule has 0 radical (unpaired) electrons. The number of rotatable bonds is 4. The van der Waals surface area contributed by atoms with E-state index in [-0.39, 0.29) is 18.1 Å². The number of piperazine rings is 1. The maximum absolute atomic E-state index is 12.6. The van der Waals surface area contributed by atoms with Gasteiger partial charge in [0.1, 0.15) is 5.82 Å². The third kappa shape index (κ3) is 3.75. The lowest BCUT2D eigenvalue weighted by atomic mass is 10.1. The normalized spacial score (nSPS) is 14.5. The Hall–Kier alpha value is -3.19. The number of aromatic nitrogens is 1. The van der Waals surface area contributed by atoms with Crippen molar-refractivity contribution in [3.63, 3.8) is 0 Å². The number of carbonyl (C=O) groups excluding carboxylic acids is 1. The summed E-state index contributed by atoms with van der Waals surface area (Å²) in [5.41, 5.74) is 1.74. The van der Waals surface area contributed by atoms with Gasteiger partial charge >= 0.3 is 0 Å². The topological polar surface area (TPSA) is 79.6 Å². The van der Waals surface area contributed by atoms with Crippen LogP contribution in [0.2, 0.25) is 5.02 Å². The number of nitro benzene ring substituents is 1. The summed E-state index contributed by atoms with van der Waals surface area (Å²) in [6, 6.07) is 15.7. The first kappa shape index (κ1) is 18.2. The number of fused-ring (bicyclic) bond motifs is 1. The minimum absolute atomic E-state index is 0.0341. The van der Waals surface area contributed by atoms with E-state index in [1.165, 1.54) is 12.1 Å². The van der Waals surface area contributed by atoms with Crippen molar-refractivity contribution in [3.8, 4) is 0 Å². The lowest BCUT2D eigenvalue weighted by molar-refractivity contribution is -0.384. The monoisotopic (exact) mass is 396 g/mol. The van der Waals surface area contributed by atoms with Crippen molar-refractivity contribution in [2.75, 3.05) is 24.5 Å². The first-order chi connectivity index (χ1) is 13.5. The molecule has 0 spiro atoms. The standard InChI is InChI=1S/C20H17ClN4O3/c21-16-4-1-14(2-5-16)12-24-10-9-23(13-20(24)26)19-8-3-15-11-17(25(27)28)6-7-18(15)22-19/h1-8,11H,9-10,12-13H2. The predicted octanol–water partition coefficient (Wildman–Crippen LogP) is 3.65. The van der Waals surface area contributed by atoms with Gasteiger partial charge in [-0.2, -0.15) is 0 Å². The Bertz CT molecular complexity index is 1060. The van der Waals surface area contributed by atoms with E-state index >= 15 is 0 Å². The van der Waals surface area contributed by atoms with E-state index in [2.05, 4.69) is 4.98 Å². The van der Waals surface area contributed by atoms with Gasteiger partial charge in [-0.15, -0.1) is 0 Å². The van der Waals surface area contributed by atoms with Gasteiger partial charge in [0, 0.05) is 42.2 Å². The molecular formula is C20H17ClN4O3. The summed E-state index contributed by atoms with van der Waals surface area (Å²) < 4.78 is 0. The molecule has 2 heterocycles. The Balaban J connectivity index is 1.47. The third-order valence-corrected chi connectivity index (χ3v) is 5.05. The van der Waals surface area contributed by atoms with Gasteiger partial charge in [0.2, 0.25) is 5.91 Å². The fraction of sp³-hybridized carbons (Fsp3) is 0.200. The second kappa shape index (κ2) is 7.44. The van der Waals surface area contributed by atoms with E-state index in [1.54, 1.807) is 18.2 Å². The molecule has 0 N–H and O–H groups in total. The molecule has 0 bridgehead atoms. The summed E-state index contributed by atoms with van der Waals surface area (Å²) in [6.45, 7) is 2.07. The lowest BCUT2D eigenvalue weighted by Crippen LogP contribution is -2.50. The smallest absolute Gasteiger partial charge is 0.270 e. The minimum Gasteiger partial charge on any atom is -0.346 e. The molecule has 4 rings (SSSR count). The van der Waals surface area contributed by atoms with Crippen LogP contribution in [-0.4, -0.2) is 40.3 Å². The summed E-state index contributed by atoms with van der Waals surface area (Å²) in [7, 11) is 0. The Morgan fingerprint density at radius 2 is 1.86 bits per heavy atom. The van der Waals surface area contributed by atoms with Crippen molar-refractivity contribution in [2.24, 2.45) is 0 Å². The molecule has 1 amide bonds. The van der Waals surface area contributed by atoms with Crippen LogP contribution < -0.4 is 4.90 Å². The number of nitro groups is 1. The fourth-order valence-corrected chi connectivity index (χ4v) is 3.40. The first-order valence-corrected chi connectivity index (χ1v) is 9.20. The molecular weight excluding hydrogens is 380 g/mol. The van der Waals surface area contributed by atoms with E-state index in [1.807, 2.05) is 34.1 Å². The molecule has 0 atom stereocenters. The number of carbonyl (C=O) groups is 1. The summed E-state index contributed by atoms with van der Waals surface area (Å²) in [4.78, 5) is 31.4.